The van der Waals surface area contributed by atoms with Crippen LogP contribution in [0.1, 0.15) is 26.4 Å². The zero-order valence-corrected chi connectivity index (χ0v) is 18.8. The molecular formula is C24H21F3N4O5. The SMILES string of the molecule is O=C(NCC(=O)N1CCN(C(=O)c2ccccc2C(F)(F)F)CC1)c1cc(-c2cccc(O)c2)on1. The highest BCUT2D eigenvalue weighted by Crippen LogP contribution is 2.32. The number of halogens is 3. The lowest BCUT2D eigenvalue weighted by atomic mass is 10.1. The van der Waals surface area contributed by atoms with Crippen LogP contribution in [-0.4, -0.2) is 70.5 Å². The zero-order valence-electron chi connectivity index (χ0n) is 18.8. The van der Waals surface area contributed by atoms with Crippen LogP contribution < -0.4 is 5.32 Å². The summed E-state index contributed by atoms with van der Waals surface area (Å²) < 4.78 is 44.9. The van der Waals surface area contributed by atoms with E-state index in [1.807, 2.05) is 0 Å². The number of carbonyl (C=O) groups is 3. The Balaban J connectivity index is 1.29. The first-order valence-electron chi connectivity index (χ1n) is 10.9. The molecule has 2 aromatic carbocycles. The van der Waals surface area contributed by atoms with E-state index < -0.39 is 35.0 Å². The number of rotatable bonds is 5. The molecule has 0 aliphatic carbocycles. The Labute approximate surface area is 203 Å². The average Bonchev–Trinajstić information content (AvgIpc) is 3.37. The summed E-state index contributed by atoms with van der Waals surface area (Å²) in [7, 11) is 0. The minimum Gasteiger partial charge on any atom is -0.508 e. The van der Waals surface area contributed by atoms with Crippen molar-refractivity contribution in [3.05, 3.63) is 71.4 Å². The van der Waals surface area contributed by atoms with Gasteiger partial charge in [-0.3, -0.25) is 14.4 Å². The van der Waals surface area contributed by atoms with Gasteiger partial charge in [-0.05, 0) is 24.3 Å². The van der Waals surface area contributed by atoms with Gasteiger partial charge < -0.3 is 24.7 Å². The Kier molecular flexibility index (Phi) is 6.95. The van der Waals surface area contributed by atoms with Crippen LogP contribution in [0.25, 0.3) is 11.3 Å². The van der Waals surface area contributed by atoms with Crippen LogP contribution >= 0.6 is 0 Å². The summed E-state index contributed by atoms with van der Waals surface area (Å²) in [5, 5.41) is 15.7. The van der Waals surface area contributed by atoms with Gasteiger partial charge in [0.15, 0.2) is 11.5 Å². The Morgan fingerprint density at radius 2 is 1.67 bits per heavy atom. The molecule has 1 fully saturated rings. The van der Waals surface area contributed by atoms with Crippen LogP contribution in [0, 0.1) is 0 Å². The van der Waals surface area contributed by atoms with Crippen molar-refractivity contribution in [2.75, 3.05) is 32.7 Å². The average molecular weight is 502 g/mol. The van der Waals surface area contributed by atoms with E-state index in [1.165, 1.54) is 40.1 Å². The zero-order chi connectivity index (χ0) is 25.9. The van der Waals surface area contributed by atoms with E-state index in [9.17, 15) is 32.7 Å². The Morgan fingerprint density at radius 3 is 2.36 bits per heavy atom. The lowest BCUT2D eigenvalue weighted by Gasteiger charge is -2.35. The lowest BCUT2D eigenvalue weighted by molar-refractivity contribution is -0.138. The minimum atomic E-state index is -4.66. The molecule has 0 saturated carbocycles. The van der Waals surface area contributed by atoms with Gasteiger partial charge in [0.05, 0.1) is 17.7 Å². The van der Waals surface area contributed by atoms with Crippen LogP contribution in [0.15, 0.2) is 59.1 Å². The number of alkyl halides is 3. The van der Waals surface area contributed by atoms with Gasteiger partial charge in [-0.15, -0.1) is 0 Å². The van der Waals surface area contributed by atoms with Crippen molar-refractivity contribution in [2.45, 2.75) is 6.18 Å². The summed E-state index contributed by atoms with van der Waals surface area (Å²) in [5.74, 6) is -1.53. The summed E-state index contributed by atoms with van der Waals surface area (Å²) >= 11 is 0. The fourth-order valence-electron chi connectivity index (χ4n) is 3.78. The van der Waals surface area contributed by atoms with Gasteiger partial charge in [-0.2, -0.15) is 13.2 Å². The second-order valence-corrected chi connectivity index (χ2v) is 8.03. The number of nitrogens with one attached hydrogen (secondary N) is 1. The van der Waals surface area contributed by atoms with E-state index in [-0.39, 0.29) is 49.9 Å². The lowest BCUT2D eigenvalue weighted by Crippen LogP contribution is -2.52. The molecule has 1 aliphatic heterocycles. The molecule has 0 bridgehead atoms. The first-order chi connectivity index (χ1) is 17.1. The summed E-state index contributed by atoms with van der Waals surface area (Å²) in [6.45, 7) is 0.00103. The molecule has 36 heavy (non-hydrogen) atoms. The van der Waals surface area contributed by atoms with Crippen LogP contribution in [0.2, 0.25) is 0 Å². The van der Waals surface area contributed by atoms with Crippen LogP contribution in [0.3, 0.4) is 0 Å². The number of carbonyl (C=O) groups excluding carboxylic acids is 3. The number of phenolic OH excluding ortho intramolecular Hbond substituents is 1. The molecule has 188 valence electrons. The number of nitrogens with zero attached hydrogens (tertiary/aromatic N) is 3. The van der Waals surface area contributed by atoms with E-state index in [4.69, 9.17) is 4.52 Å². The molecule has 4 rings (SSSR count). The van der Waals surface area contributed by atoms with E-state index in [1.54, 1.807) is 12.1 Å². The predicted molar refractivity (Wildman–Crippen MR) is 120 cm³/mol. The van der Waals surface area contributed by atoms with Crippen molar-refractivity contribution >= 4 is 17.7 Å². The Hall–Kier alpha value is -4.35. The van der Waals surface area contributed by atoms with Gasteiger partial charge in [-0.1, -0.05) is 29.4 Å². The van der Waals surface area contributed by atoms with Gasteiger partial charge in [0.2, 0.25) is 5.91 Å². The molecule has 3 amide bonds. The highest BCUT2D eigenvalue weighted by molar-refractivity contribution is 5.97. The van der Waals surface area contributed by atoms with E-state index >= 15 is 0 Å². The number of benzene rings is 2. The monoisotopic (exact) mass is 502 g/mol. The van der Waals surface area contributed by atoms with Gasteiger partial charge >= 0.3 is 6.18 Å². The van der Waals surface area contributed by atoms with E-state index in [2.05, 4.69) is 10.5 Å². The largest absolute Gasteiger partial charge is 0.508 e. The van der Waals surface area contributed by atoms with E-state index in [0.717, 1.165) is 12.1 Å². The summed E-state index contributed by atoms with van der Waals surface area (Å²) in [6.07, 6.45) is -4.66. The molecule has 2 heterocycles. The molecule has 1 saturated heterocycles. The molecule has 2 N–H and O–H groups in total. The second-order valence-electron chi connectivity index (χ2n) is 8.03. The molecule has 1 aromatic heterocycles. The molecule has 3 aromatic rings. The molecular weight excluding hydrogens is 481 g/mol. The molecule has 0 spiro atoms. The number of phenols is 1. The summed E-state index contributed by atoms with van der Waals surface area (Å²) in [4.78, 5) is 40.2. The molecule has 9 nitrogen and oxygen atoms in total. The number of amides is 3. The maximum absolute atomic E-state index is 13.2. The summed E-state index contributed by atoms with van der Waals surface area (Å²) in [5.41, 5.74) is -0.978. The maximum Gasteiger partial charge on any atom is 0.417 e. The fraction of sp³-hybridized carbons (Fsp3) is 0.250. The van der Waals surface area contributed by atoms with Crippen molar-refractivity contribution in [2.24, 2.45) is 0 Å². The van der Waals surface area contributed by atoms with Crippen molar-refractivity contribution in [1.29, 1.82) is 0 Å². The van der Waals surface area contributed by atoms with Gasteiger partial charge in [0.1, 0.15) is 5.75 Å². The molecule has 0 unspecified atom stereocenters. The van der Waals surface area contributed by atoms with Crippen LogP contribution in [0.4, 0.5) is 13.2 Å². The first kappa shape index (κ1) is 24.8. The number of piperazine rings is 1. The fourth-order valence-corrected chi connectivity index (χ4v) is 3.78. The maximum atomic E-state index is 13.2. The Morgan fingerprint density at radius 1 is 0.972 bits per heavy atom. The van der Waals surface area contributed by atoms with Crippen molar-refractivity contribution in [3.8, 4) is 17.1 Å². The molecule has 1 aliphatic rings. The van der Waals surface area contributed by atoms with Crippen molar-refractivity contribution in [3.63, 3.8) is 0 Å². The van der Waals surface area contributed by atoms with Crippen LogP contribution in [0.5, 0.6) is 5.75 Å². The standard InChI is InChI=1S/C24H21F3N4O5/c25-24(26,27)18-7-2-1-6-17(18)23(35)31-10-8-30(9-11-31)21(33)14-28-22(34)19-13-20(36-29-19)15-4-3-5-16(32)12-15/h1-7,12-13,32H,8-11,14H2,(H,28,34). The Bertz CT molecular complexity index is 1280. The predicted octanol–water partition coefficient (Wildman–Crippen LogP) is 2.78. The quantitative estimate of drug-likeness (QED) is 0.555. The number of hydrogen-bond donors (Lipinski definition) is 2. The van der Waals surface area contributed by atoms with Gasteiger partial charge in [-0.25, -0.2) is 0 Å². The molecule has 0 radical (unpaired) electrons. The third-order valence-electron chi connectivity index (χ3n) is 5.66. The topological polar surface area (TPSA) is 116 Å². The van der Waals surface area contributed by atoms with E-state index in [0.29, 0.717) is 5.56 Å². The summed E-state index contributed by atoms with van der Waals surface area (Å²) in [6, 6.07) is 12.1. The highest BCUT2D eigenvalue weighted by Gasteiger charge is 2.36. The number of aromatic hydroxyl groups is 1. The van der Waals surface area contributed by atoms with Crippen molar-refractivity contribution in [1.82, 2.24) is 20.3 Å². The normalized spacial score (nSPS) is 14.0. The number of aromatic nitrogens is 1. The van der Waals surface area contributed by atoms with Gasteiger partial charge in [0, 0.05) is 37.8 Å². The third kappa shape index (κ3) is 5.48. The van der Waals surface area contributed by atoms with Crippen molar-refractivity contribution < 1.29 is 37.2 Å². The third-order valence-corrected chi connectivity index (χ3v) is 5.66. The molecule has 0 atom stereocenters. The number of hydrogen-bond acceptors (Lipinski definition) is 6. The minimum absolute atomic E-state index is 0.0202. The van der Waals surface area contributed by atoms with Gasteiger partial charge in [0.25, 0.3) is 11.8 Å². The first-order valence-corrected chi connectivity index (χ1v) is 10.9. The highest BCUT2D eigenvalue weighted by atomic mass is 19.4. The molecule has 12 heteroatoms. The smallest absolute Gasteiger partial charge is 0.417 e. The second kappa shape index (κ2) is 10.1. The van der Waals surface area contributed by atoms with Crippen LogP contribution in [-0.2, 0) is 11.0 Å².